The van der Waals surface area contributed by atoms with Crippen LogP contribution in [0.1, 0.15) is 71.1 Å². The van der Waals surface area contributed by atoms with E-state index < -0.39 is 11.9 Å². The SMILES string of the molecule is C=C(CCCOCC1CO1)C(=O)O.CCCCCCCCCC(OC)(OC)OC. The molecule has 1 aliphatic heterocycles. The van der Waals surface area contributed by atoms with Crippen molar-refractivity contribution in [3.63, 3.8) is 0 Å². The van der Waals surface area contributed by atoms with Gasteiger partial charge < -0.3 is 28.8 Å². The average Bonchev–Trinajstić information content (AvgIpc) is 3.55. The third-order valence-corrected chi connectivity index (χ3v) is 4.80. The van der Waals surface area contributed by atoms with E-state index in [0.717, 1.165) is 19.4 Å². The van der Waals surface area contributed by atoms with Crippen LogP contribution in [-0.4, -0.2) is 64.3 Å². The Bertz CT molecular complexity index is 409. The second-order valence-corrected chi connectivity index (χ2v) is 7.21. The monoisotopic (exact) mass is 418 g/mol. The summed E-state index contributed by atoms with van der Waals surface area (Å²) in [6.07, 6.45) is 11.2. The molecular formula is C22H42O7. The molecule has 0 amide bonds. The first kappa shape index (κ1) is 28.0. The van der Waals surface area contributed by atoms with Crippen molar-refractivity contribution >= 4 is 5.97 Å². The van der Waals surface area contributed by atoms with E-state index in [1.54, 1.807) is 21.3 Å². The van der Waals surface area contributed by atoms with Gasteiger partial charge in [0.05, 0.1) is 13.2 Å². The van der Waals surface area contributed by atoms with Crippen molar-refractivity contribution in [2.24, 2.45) is 0 Å². The molecular weight excluding hydrogens is 376 g/mol. The molecule has 0 radical (unpaired) electrons. The minimum atomic E-state index is -0.925. The number of carboxylic acids is 1. The van der Waals surface area contributed by atoms with E-state index in [1.165, 1.54) is 38.5 Å². The summed E-state index contributed by atoms with van der Waals surface area (Å²) in [6.45, 7) is 7.65. The van der Waals surface area contributed by atoms with Crippen molar-refractivity contribution in [2.45, 2.75) is 83.2 Å². The van der Waals surface area contributed by atoms with Crippen molar-refractivity contribution < 1.29 is 33.6 Å². The Morgan fingerprint density at radius 1 is 1.03 bits per heavy atom. The minimum absolute atomic E-state index is 0.242. The fraction of sp³-hybridized carbons (Fsp3) is 0.864. The molecule has 1 saturated heterocycles. The second-order valence-electron chi connectivity index (χ2n) is 7.21. The van der Waals surface area contributed by atoms with Crippen molar-refractivity contribution in [1.82, 2.24) is 0 Å². The summed E-state index contributed by atoms with van der Waals surface area (Å²) in [6, 6.07) is 0. The van der Waals surface area contributed by atoms with Gasteiger partial charge in [-0.15, -0.1) is 0 Å². The van der Waals surface area contributed by atoms with Crippen molar-refractivity contribution in [2.75, 3.05) is 41.2 Å². The van der Waals surface area contributed by atoms with Crippen LogP contribution in [0.4, 0.5) is 0 Å². The molecule has 0 aromatic rings. The fourth-order valence-electron chi connectivity index (χ4n) is 2.73. The number of epoxide rings is 1. The van der Waals surface area contributed by atoms with Crippen LogP contribution in [0.3, 0.4) is 0 Å². The molecule has 29 heavy (non-hydrogen) atoms. The number of carbonyl (C=O) groups is 1. The predicted octanol–water partition coefficient (Wildman–Crippen LogP) is 4.54. The lowest BCUT2D eigenvalue weighted by molar-refractivity contribution is -0.355. The smallest absolute Gasteiger partial charge is 0.330 e. The van der Waals surface area contributed by atoms with E-state index in [9.17, 15) is 4.79 Å². The third kappa shape index (κ3) is 15.5. The van der Waals surface area contributed by atoms with Gasteiger partial charge in [-0.2, -0.15) is 0 Å². The van der Waals surface area contributed by atoms with Gasteiger partial charge in [0.1, 0.15) is 6.10 Å². The second kappa shape index (κ2) is 17.8. The highest BCUT2D eigenvalue weighted by atomic mass is 16.9. The number of methoxy groups -OCH3 is 3. The average molecular weight is 419 g/mol. The number of hydrogen-bond acceptors (Lipinski definition) is 6. The topological polar surface area (TPSA) is 86.8 Å². The zero-order valence-electron chi connectivity index (χ0n) is 18.9. The van der Waals surface area contributed by atoms with Crippen LogP contribution in [0.25, 0.3) is 0 Å². The van der Waals surface area contributed by atoms with Crippen molar-refractivity contribution in [3.8, 4) is 0 Å². The summed E-state index contributed by atoms with van der Waals surface area (Å²) in [4.78, 5) is 10.3. The number of ether oxygens (including phenoxy) is 5. The molecule has 1 atom stereocenters. The first-order valence-electron chi connectivity index (χ1n) is 10.7. The van der Waals surface area contributed by atoms with Gasteiger partial charge in [-0.05, 0) is 19.3 Å². The van der Waals surface area contributed by atoms with E-state index in [2.05, 4.69) is 13.5 Å². The van der Waals surface area contributed by atoms with Gasteiger partial charge in [-0.1, -0.05) is 52.0 Å². The first-order chi connectivity index (χ1) is 13.9. The lowest BCUT2D eigenvalue weighted by Gasteiger charge is -2.28. The van der Waals surface area contributed by atoms with Gasteiger partial charge in [0, 0.05) is 39.9 Å². The van der Waals surface area contributed by atoms with E-state index in [0.29, 0.717) is 26.1 Å². The normalized spacial score (nSPS) is 15.5. The zero-order valence-corrected chi connectivity index (χ0v) is 18.9. The fourth-order valence-corrected chi connectivity index (χ4v) is 2.73. The largest absolute Gasteiger partial charge is 0.478 e. The zero-order chi connectivity index (χ0) is 22.0. The molecule has 172 valence electrons. The quantitative estimate of drug-likeness (QED) is 0.151. The molecule has 1 rings (SSSR count). The first-order valence-corrected chi connectivity index (χ1v) is 10.7. The molecule has 1 fully saturated rings. The van der Waals surface area contributed by atoms with E-state index >= 15 is 0 Å². The maximum atomic E-state index is 10.3. The molecule has 7 heteroatoms. The molecule has 0 aromatic heterocycles. The molecule has 1 aliphatic rings. The number of rotatable bonds is 18. The van der Waals surface area contributed by atoms with E-state index in [-0.39, 0.29) is 11.7 Å². The van der Waals surface area contributed by atoms with Crippen molar-refractivity contribution in [1.29, 1.82) is 0 Å². The highest BCUT2D eigenvalue weighted by Crippen LogP contribution is 2.21. The molecule has 0 bridgehead atoms. The van der Waals surface area contributed by atoms with Gasteiger partial charge in [-0.3, -0.25) is 0 Å². The Morgan fingerprint density at radius 3 is 2.07 bits per heavy atom. The van der Waals surface area contributed by atoms with E-state index in [4.69, 9.17) is 28.8 Å². The molecule has 0 saturated carbocycles. The summed E-state index contributed by atoms with van der Waals surface area (Å²) in [7, 11) is 4.86. The van der Waals surface area contributed by atoms with Gasteiger partial charge in [0.25, 0.3) is 5.97 Å². The molecule has 0 spiro atoms. The van der Waals surface area contributed by atoms with Gasteiger partial charge in [-0.25, -0.2) is 4.79 Å². The van der Waals surface area contributed by atoms with Gasteiger partial charge in [0.15, 0.2) is 0 Å². The van der Waals surface area contributed by atoms with E-state index in [1.807, 2.05) is 0 Å². The van der Waals surface area contributed by atoms with Crippen LogP contribution in [0, 0.1) is 0 Å². The summed E-state index contributed by atoms with van der Waals surface area (Å²) in [5, 5.41) is 8.48. The lowest BCUT2D eigenvalue weighted by atomic mass is 10.1. The summed E-state index contributed by atoms with van der Waals surface area (Å²) in [5.74, 6) is -1.76. The standard InChI is InChI=1S/C13H28O3.C9H14O4/c1-5-6-7-8-9-10-11-12-13(14-2,15-3)16-4;1-7(9(10)11)3-2-4-12-5-8-6-13-8/h5-12H2,1-4H3;8H,1-6H2,(H,10,11). The summed E-state index contributed by atoms with van der Waals surface area (Å²) >= 11 is 0. The maximum absolute atomic E-state index is 10.3. The van der Waals surface area contributed by atoms with Crippen molar-refractivity contribution in [3.05, 3.63) is 12.2 Å². The number of hydrogen-bond donors (Lipinski definition) is 1. The highest BCUT2D eigenvalue weighted by molar-refractivity contribution is 5.85. The third-order valence-electron chi connectivity index (χ3n) is 4.80. The van der Waals surface area contributed by atoms with Gasteiger partial charge >= 0.3 is 5.97 Å². The Kier molecular flexibility index (Phi) is 17.2. The Labute approximate surface area is 176 Å². The molecule has 1 heterocycles. The predicted molar refractivity (Wildman–Crippen MR) is 113 cm³/mol. The highest BCUT2D eigenvalue weighted by Gasteiger charge is 2.28. The minimum Gasteiger partial charge on any atom is -0.478 e. The Morgan fingerprint density at radius 2 is 1.59 bits per heavy atom. The van der Waals surface area contributed by atoms with Crippen LogP contribution < -0.4 is 0 Å². The molecule has 0 aliphatic carbocycles. The number of carboxylic acid groups (broad SMARTS) is 1. The van der Waals surface area contributed by atoms with Gasteiger partial charge in [0.2, 0.25) is 0 Å². The number of unbranched alkanes of at least 4 members (excludes halogenated alkanes) is 6. The number of aliphatic carboxylic acids is 1. The molecule has 1 N–H and O–H groups in total. The maximum Gasteiger partial charge on any atom is 0.330 e. The Hall–Kier alpha value is -0.990. The van der Waals surface area contributed by atoms with Crippen LogP contribution in [-0.2, 0) is 28.5 Å². The lowest BCUT2D eigenvalue weighted by Crippen LogP contribution is -2.35. The molecule has 1 unspecified atom stereocenters. The van der Waals surface area contributed by atoms with Crippen LogP contribution in [0.2, 0.25) is 0 Å². The summed E-state index contributed by atoms with van der Waals surface area (Å²) < 4.78 is 25.9. The molecule has 7 nitrogen and oxygen atoms in total. The molecule has 0 aromatic carbocycles. The van der Waals surface area contributed by atoms with Crippen LogP contribution in [0.15, 0.2) is 12.2 Å². The van der Waals surface area contributed by atoms with Crippen LogP contribution >= 0.6 is 0 Å². The Balaban J connectivity index is 0.000000551. The van der Waals surface area contributed by atoms with Crippen LogP contribution in [0.5, 0.6) is 0 Å². The summed E-state index contributed by atoms with van der Waals surface area (Å²) in [5.41, 5.74) is 0.242.